The lowest BCUT2D eigenvalue weighted by Crippen LogP contribution is -3.16. The van der Waals surface area contributed by atoms with Crippen molar-refractivity contribution >= 4 is 11.6 Å². The molecule has 0 fully saturated rings. The zero-order valence-corrected chi connectivity index (χ0v) is 16.8. The number of furan rings is 1. The summed E-state index contributed by atoms with van der Waals surface area (Å²) in [5.41, 5.74) is 1.02. The standard InChI is InChI=1S/C23H24F2N2O2/c1-23(2,3)27(14-16-8-10-17(24)11-9-16)15-18-12-13-21(29-18)22(28)26-20-7-5-4-6-19(20)25/h4-13H,14-15H2,1-3H3,(H,26,28)/p+1. The molecule has 2 aromatic carbocycles. The van der Waals surface area contributed by atoms with Crippen LogP contribution in [0.3, 0.4) is 0 Å². The molecule has 0 aliphatic heterocycles. The van der Waals surface area contributed by atoms with Gasteiger partial charge in [-0.25, -0.2) is 8.78 Å². The molecule has 0 bridgehead atoms. The van der Waals surface area contributed by atoms with Crippen LogP contribution in [0.25, 0.3) is 0 Å². The Morgan fingerprint density at radius 1 is 0.966 bits per heavy atom. The number of halogens is 2. The summed E-state index contributed by atoms with van der Waals surface area (Å²) in [4.78, 5) is 13.6. The highest BCUT2D eigenvalue weighted by Gasteiger charge is 2.27. The van der Waals surface area contributed by atoms with Crippen molar-refractivity contribution in [3.63, 3.8) is 0 Å². The minimum atomic E-state index is -0.504. The summed E-state index contributed by atoms with van der Waals surface area (Å²) >= 11 is 0. The van der Waals surface area contributed by atoms with E-state index in [1.807, 2.05) is 0 Å². The first kappa shape index (κ1) is 20.7. The maximum atomic E-state index is 13.7. The molecule has 1 unspecified atom stereocenters. The maximum absolute atomic E-state index is 13.7. The second-order valence-electron chi connectivity index (χ2n) is 8.03. The third kappa shape index (κ3) is 5.51. The van der Waals surface area contributed by atoms with E-state index >= 15 is 0 Å². The van der Waals surface area contributed by atoms with Gasteiger partial charge >= 0.3 is 0 Å². The summed E-state index contributed by atoms with van der Waals surface area (Å²) in [6.07, 6.45) is 0. The number of carbonyl (C=O) groups is 1. The van der Waals surface area contributed by atoms with Gasteiger partial charge in [0.15, 0.2) is 11.5 Å². The van der Waals surface area contributed by atoms with Gasteiger partial charge in [0.25, 0.3) is 5.91 Å². The molecule has 6 heteroatoms. The topological polar surface area (TPSA) is 46.7 Å². The Labute approximate surface area is 169 Å². The summed E-state index contributed by atoms with van der Waals surface area (Å²) in [7, 11) is 0. The van der Waals surface area contributed by atoms with Crippen molar-refractivity contribution < 1.29 is 22.9 Å². The van der Waals surface area contributed by atoms with Crippen molar-refractivity contribution in [3.05, 3.63) is 89.4 Å². The molecule has 3 aromatic rings. The molecule has 0 saturated heterocycles. The van der Waals surface area contributed by atoms with E-state index in [0.717, 1.165) is 5.56 Å². The van der Waals surface area contributed by atoms with Crippen LogP contribution in [-0.2, 0) is 13.1 Å². The fraction of sp³-hybridized carbons (Fsp3) is 0.261. The number of amides is 1. The summed E-state index contributed by atoms with van der Waals surface area (Å²) in [6.45, 7) is 7.57. The predicted octanol–water partition coefficient (Wildman–Crippen LogP) is 4.19. The highest BCUT2D eigenvalue weighted by Crippen LogP contribution is 2.15. The van der Waals surface area contributed by atoms with Gasteiger partial charge in [-0.1, -0.05) is 24.3 Å². The van der Waals surface area contributed by atoms with Crippen LogP contribution in [0, 0.1) is 11.6 Å². The lowest BCUT2D eigenvalue weighted by Gasteiger charge is -2.31. The zero-order valence-electron chi connectivity index (χ0n) is 16.8. The van der Waals surface area contributed by atoms with Crippen LogP contribution in [0.2, 0.25) is 0 Å². The number of para-hydroxylation sites is 1. The van der Waals surface area contributed by atoms with Crippen LogP contribution in [0.15, 0.2) is 65.1 Å². The number of nitrogens with one attached hydrogen (secondary N) is 2. The van der Waals surface area contributed by atoms with Crippen molar-refractivity contribution in [1.29, 1.82) is 0 Å². The second-order valence-corrected chi connectivity index (χ2v) is 8.03. The Kier molecular flexibility index (Phi) is 6.13. The number of carbonyl (C=O) groups excluding carboxylic acids is 1. The van der Waals surface area contributed by atoms with Gasteiger partial charge in [-0.15, -0.1) is 0 Å². The van der Waals surface area contributed by atoms with Crippen LogP contribution in [-0.4, -0.2) is 11.4 Å². The second kappa shape index (κ2) is 8.57. The average molecular weight is 399 g/mol. The van der Waals surface area contributed by atoms with E-state index in [0.29, 0.717) is 18.8 Å². The summed E-state index contributed by atoms with van der Waals surface area (Å²) in [5, 5.41) is 2.52. The van der Waals surface area contributed by atoms with Crippen LogP contribution in [0.5, 0.6) is 0 Å². The van der Waals surface area contributed by atoms with E-state index in [9.17, 15) is 13.6 Å². The molecule has 0 spiro atoms. The number of benzene rings is 2. The molecular formula is C23H25F2N2O2+. The molecule has 29 heavy (non-hydrogen) atoms. The molecule has 1 heterocycles. The molecule has 1 amide bonds. The molecule has 0 saturated carbocycles. The first-order valence-electron chi connectivity index (χ1n) is 9.46. The SMILES string of the molecule is CC(C)(C)[NH+](Cc1ccc(F)cc1)Cc1ccc(C(=O)Nc2ccccc2F)o1. The van der Waals surface area contributed by atoms with Crippen LogP contribution in [0.4, 0.5) is 14.5 Å². The van der Waals surface area contributed by atoms with E-state index in [-0.39, 0.29) is 22.8 Å². The predicted molar refractivity (Wildman–Crippen MR) is 108 cm³/mol. The van der Waals surface area contributed by atoms with Crippen molar-refractivity contribution in [2.24, 2.45) is 0 Å². The van der Waals surface area contributed by atoms with E-state index in [4.69, 9.17) is 4.42 Å². The van der Waals surface area contributed by atoms with E-state index in [1.165, 1.54) is 29.2 Å². The van der Waals surface area contributed by atoms with Gasteiger partial charge in [-0.2, -0.15) is 0 Å². The fourth-order valence-corrected chi connectivity index (χ4v) is 2.99. The number of quaternary nitrogens is 1. The minimum absolute atomic E-state index is 0.100. The third-order valence-electron chi connectivity index (χ3n) is 4.79. The Bertz CT molecular complexity index is 975. The fourth-order valence-electron chi connectivity index (χ4n) is 2.99. The van der Waals surface area contributed by atoms with Crippen molar-refractivity contribution in [2.75, 3.05) is 5.32 Å². The Balaban J connectivity index is 1.71. The van der Waals surface area contributed by atoms with E-state index in [2.05, 4.69) is 26.1 Å². The first-order valence-corrected chi connectivity index (χ1v) is 9.46. The minimum Gasteiger partial charge on any atom is -0.450 e. The molecule has 0 aliphatic rings. The molecule has 0 radical (unpaired) electrons. The molecule has 0 aliphatic carbocycles. The van der Waals surface area contributed by atoms with Crippen LogP contribution < -0.4 is 10.2 Å². The molecule has 1 atom stereocenters. The number of hydrogen-bond acceptors (Lipinski definition) is 2. The number of anilines is 1. The Hall–Kier alpha value is -2.99. The molecule has 152 valence electrons. The summed E-state index contributed by atoms with van der Waals surface area (Å²) in [5.74, 6) is -0.496. The molecule has 3 rings (SSSR count). The molecule has 1 aromatic heterocycles. The van der Waals surface area contributed by atoms with E-state index < -0.39 is 11.7 Å². The largest absolute Gasteiger partial charge is 0.450 e. The van der Waals surface area contributed by atoms with Crippen molar-refractivity contribution in [1.82, 2.24) is 0 Å². The lowest BCUT2D eigenvalue weighted by atomic mass is 10.0. The van der Waals surface area contributed by atoms with Gasteiger partial charge in [-0.05, 0) is 57.2 Å². The van der Waals surface area contributed by atoms with Gasteiger partial charge in [0.2, 0.25) is 0 Å². The van der Waals surface area contributed by atoms with Gasteiger partial charge in [0, 0.05) is 5.56 Å². The van der Waals surface area contributed by atoms with Gasteiger partial charge in [-0.3, -0.25) is 4.79 Å². The molecule has 2 N–H and O–H groups in total. The quantitative estimate of drug-likeness (QED) is 0.653. The monoisotopic (exact) mass is 399 g/mol. The third-order valence-corrected chi connectivity index (χ3v) is 4.79. The summed E-state index contributed by atoms with van der Waals surface area (Å²) in [6, 6.07) is 15.8. The Morgan fingerprint density at radius 2 is 1.66 bits per heavy atom. The molecule has 4 nitrogen and oxygen atoms in total. The number of rotatable bonds is 6. The summed E-state index contributed by atoms with van der Waals surface area (Å²) < 4.78 is 32.6. The highest BCUT2D eigenvalue weighted by atomic mass is 19.1. The van der Waals surface area contributed by atoms with Gasteiger partial charge < -0.3 is 14.6 Å². The highest BCUT2D eigenvalue weighted by molar-refractivity contribution is 6.02. The van der Waals surface area contributed by atoms with Gasteiger partial charge in [0.1, 0.15) is 24.7 Å². The van der Waals surface area contributed by atoms with Crippen LogP contribution in [0.1, 0.15) is 42.6 Å². The lowest BCUT2D eigenvalue weighted by molar-refractivity contribution is -0.973. The van der Waals surface area contributed by atoms with Crippen LogP contribution >= 0.6 is 0 Å². The maximum Gasteiger partial charge on any atom is 0.291 e. The van der Waals surface area contributed by atoms with Crippen molar-refractivity contribution in [2.45, 2.75) is 39.4 Å². The van der Waals surface area contributed by atoms with Crippen molar-refractivity contribution in [3.8, 4) is 0 Å². The van der Waals surface area contributed by atoms with E-state index in [1.54, 1.807) is 36.4 Å². The molecular weight excluding hydrogens is 374 g/mol. The number of hydrogen-bond donors (Lipinski definition) is 2. The first-order chi connectivity index (χ1) is 13.7. The normalized spacial score (nSPS) is 12.6. The smallest absolute Gasteiger partial charge is 0.291 e. The average Bonchev–Trinajstić information content (AvgIpc) is 3.13. The zero-order chi connectivity index (χ0) is 21.0. The van der Waals surface area contributed by atoms with Gasteiger partial charge in [0.05, 0.1) is 11.2 Å². The Morgan fingerprint density at radius 3 is 2.31 bits per heavy atom.